The molecule has 0 heterocycles. The van der Waals surface area contributed by atoms with Crippen LogP contribution < -0.4 is 19.6 Å². The van der Waals surface area contributed by atoms with Crippen molar-refractivity contribution < 1.29 is 19.0 Å². The van der Waals surface area contributed by atoms with E-state index >= 15 is 0 Å². The number of rotatable bonds is 9. The minimum Gasteiger partial charge on any atom is -0.494 e. The molecule has 0 bridgehead atoms. The average molecular weight is 392 g/mol. The van der Waals surface area contributed by atoms with Crippen LogP contribution in [0, 0.1) is 0 Å². The van der Waals surface area contributed by atoms with Crippen molar-refractivity contribution >= 4 is 22.9 Å². The molecule has 3 aromatic rings. The molecule has 0 aliphatic carbocycles. The lowest BCUT2D eigenvalue weighted by Gasteiger charge is -2.10. The van der Waals surface area contributed by atoms with Gasteiger partial charge in [-0.15, -0.1) is 0 Å². The molecule has 0 atom stereocenters. The van der Waals surface area contributed by atoms with Crippen molar-refractivity contribution in [1.82, 2.24) is 5.43 Å². The molecule has 1 amide bonds. The first-order valence-electron chi connectivity index (χ1n) is 9.53. The van der Waals surface area contributed by atoms with Gasteiger partial charge in [-0.1, -0.05) is 30.3 Å². The van der Waals surface area contributed by atoms with Crippen molar-refractivity contribution in [2.75, 3.05) is 19.8 Å². The summed E-state index contributed by atoms with van der Waals surface area (Å²) in [6.07, 6.45) is 1.60. The van der Waals surface area contributed by atoms with Gasteiger partial charge in [0.05, 0.1) is 19.4 Å². The van der Waals surface area contributed by atoms with Crippen LogP contribution in [0.2, 0.25) is 0 Å². The van der Waals surface area contributed by atoms with E-state index in [0.29, 0.717) is 19.0 Å². The summed E-state index contributed by atoms with van der Waals surface area (Å²) >= 11 is 0. The zero-order chi connectivity index (χ0) is 20.5. The Morgan fingerprint density at radius 3 is 2.31 bits per heavy atom. The van der Waals surface area contributed by atoms with Crippen molar-refractivity contribution in [3.63, 3.8) is 0 Å². The lowest BCUT2D eigenvalue weighted by Crippen LogP contribution is -2.24. The maximum absolute atomic E-state index is 12.0. The summed E-state index contributed by atoms with van der Waals surface area (Å²) in [6, 6.07) is 19.0. The number of amides is 1. The molecule has 0 aromatic heterocycles. The van der Waals surface area contributed by atoms with Crippen molar-refractivity contribution in [1.29, 1.82) is 0 Å². The molecule has 0 aliphatic rings. The van der Waals surface area contributed by atoms with Gasteiger partial charge in [0, 0.05) is 5.56 Å². The van der Waals surface area contributed by atoms with Gasteiger partial charge in [-0.2, -0.15) is 5.10 Å². The first kappa shape index (κ1) is 20.2. The van der Waals surface area contributed by atoms with Gasteiger partial charge in [0.25, 0.3) is 5.91 Å². The molecule has 3 rings (SSSR count). The molecule has 1 N–H and O–H groups in total. The zero-order valence-corrected chi connectivity index (χ0v) is 16.6. The van der Waals surface area contributed by atoms with E-state index in [1.54, 1.807) is 30.5 Å². The standard InChI is InChI=1S/C23H24N2O4/c1-3-27-18-10-12-19(13-11-18)29-16-23(26)25-24-15-21-20-8-6-5-7-17(20)9-14-22(21)28-4-2/h5-15H,3-4,16H2,1-2H3,(H,25,26)/b24-15+. The summed E-state index contributed by atoms with van der Waals surface area (Å²) in [5.41, 5.74) is 3.31. The molecule has 0 radical (unpaired) electrons. The van der Waals surface area contributed by atoms with E-state index in [-0.39, 0.29) is 12.5 Å². The highest BCUT2D eigenvalue weighted by atomic mass is 16.5. The van der Waals surface area contributed by atoms with Crippen LogP contribution in [0.4, 0.5) is 0 Å². The molecule has 150 valence electrons. The van der Waals surface area contributed by atoms with Gasteiger partial charge >= 0.3 is 0 Å². The number of hydrogen-bond donors (Lipinski definition) is 1. The summed E-state index contributed by atoms with van der Waals surface area (Å²) in [7, 11) is 0. The smallest absolute Gasteiger partial charge is 0.277 e. The third-order valence-electron chi connectivity index (χ3n) is 4.12. The van der Waals surface area contributed by atoms with Crippen molar-refractivity contribution in [2.24, 2.45) is 5.10 Å². The average Bonchev–Trinajstić information content (AvgIpc) is 2.75. The minimum atomic E-state index is -0.353. The van der Waals surface area contributed by atoms with E-state index in [0.717, 1.165) is 27.8 Å². The number of carbonyl (C=O) groups excluding carboxylic acids is 1. The molecule has 3 aromatic carbocycles. The fraction of sp³-hybridized carbons (Fsp3) is 0.217. The second-order valence-corrected chi connectivity index (χ2v) is 6.12. The number of benzene rings is 3. The molecule has 0 saturated heterocycles. The Morgan fingerprint density at radius 2 is 1.59 bits per heavy atom. The Balaban J connectivity index is 1.62. The van der Waals surface area contributed by atoms with E-state index in [1.807, 2.05) is 50.2 Å². The monoisotopic (exact) mass is 392 g/mol. The minimum absolute atomic E-state index is 0.140. The van der Waals surface area contributed by atoms with E-state index < -0.39 is 0 Å². The summed E-state index contributed by atoms with van der Waals surface area (Å²) in [5.74, 6) is 1.71. The molecule has 0 aliphatic heterocycles. The topological polar surface area (TPSA) is 69.2 Å². The third-order valence-corrected chi connectivity index (χ3v) is 4.12. The fourth-order valence-corrected chi connectivity index (χ4v) is 2.84. The molecule has 0 saturated carbocycles. The largest absolute Gasteiger partial charge is 0.494 e. The summed E-state index contributed by atoms with van der Waals surface area (Å²) in [5, 5.41) is 6.15. The lowest BCUT2D eigenvalue weighted by atomic mass is 10.0. The van der Waals surface area contributed by atoms with E-state index in [4.69, 9.17) is 14.2 Å². The van der Waals surface area contributed by atoms with E-state index in [1.165, 1.54) is 0 Å². The quantitative estimate of drug-likeness (QED) is 0.438. The first-order valence-corrected chi connectivity index (χ1v) is 9.53. The van der Waals surface area contributed by atoms with Gasteiger partial charge in [-0.05, 0) is 55.0 Å². The van der Waals surface area contributed by atoms with Gasteiger partial charge in [-0.25, -0.2) is 5.43 Å². The Morgan fingerprint density at radius 1 is 0.897 bits per heavy atom. The van der Waals surface area contributed by atoms with Crippen molar-refractivity contribution in [2.45, 2.75) is 13.8 Å². The highest BCUT2D eigenvalue weighted by Crippen LogP contribution is 2.26. The van der Waals surface area contributed by atoms with Gasteiger partial charge in [0.1, 0.15) is 17.2 Å². The van der Waals surface area contributed by atoms with E-state index in [2.05, 4.69) is 10.5 Å². The van der Waals surface area contributed by atoms with Crippen molar-refractivity contribution in [3.8, 4) is 17.2 Å². The van der Waals surface area contributed by atoms with Crippen LogP contribution in [0.15, 0.2) is 65.8 Å². The molecule has 0 unspecified atom stereocenters. The Labute approximate surface area is 170 Å². The Hall–Kier alpha value is -3.54. The van der Waals surface area contributed by atoms with Crippen LogP contribution in [0.25, 0.3) is 10.8 Å². The molecule has 0 fully saturated rings. The van der Waals surface area contributed by atoms with Gasteiger partial charge < -0.3 is 14.2 Å². The van der Waals surface area contributed by atoms with Crippen LogP contribution in [0.1, 0.15) is 19.4 Å². The number of nitrogens with one attached hydrogen (secondary N) is 1. The molecule has 6 heteroatoms. The molecular weight excluding hydrogens is 368 g/mol. The van der Waals surface area contributed by atoms with Crippen molar-refractivity contribution in [3.05, 3.63) is 66.2 Å². The highest BCUT2D eigenvalue weighted by molar-refractivity contribution is 6.02. The highest BCUT2D eigenvalue weighted by Gasteiger charge is 2.07. The second kappa shape index (κ2) is 10.1. The molecule has 0 spiro atoms. The SMILES string of the molecule is CCOc1ccc(OCC(=O)N/N=C/c2c(OCC)ccc3ccccc23)cc1. The predicted molar refractivity (Wildman–Crippen MR) is 114 cm³/mol. The summed E-state index contributed by atoms with van der Waals surface area (Å²) < 4.78 is 16.5. The maximum atomic E-state index is 12.0. The second-order valence-electron chi connectivity index (χ2n) is 6.12. The van der Waals surface area contributed by atoms with Gasteiger partial charge in [0.2, 0.25) is 0 Å². The normalized spacial score (nSPS) is 10.8. The molecule has 6 nitrogen and oxygen atoms in total. The number of nitrogens with zero attached hydrogens (tertiary/aromatic N) is 1. The fourth-order valence-electron chi connectivity index (χ4n) is 2.84. The summed E-state index contributed by atoms with van der Waals surface area (Å²) in [6.45, 7) is 4.85. The summed E-state index contributed by atoms with van der Waals surface area (Å²) in [4.78, 5) is 12.0. The van der Waals surface area contributed by atoms with Crippen LogP contribution in [0.5, 0.6) is 17.2 Å². The van der Waals surface area contributed by atoms with Gasteiger partial charge in [-0.3, -0.25) is 4.79 Å². The van der Waals surface area contributed by atoms with Crippen LogP contribution >= 0.6 is 0 Å². The number of fused-ring (bicyclic) bond motifs is 1. The Kier molecular flexibility index (Phi) is 7.05. The third kappa shape index (κ3) is 5.48. The first-order chi connectivity index (χ1) is 14.2. The predicted octanol–water partition coefficient (Wildman–Crippen LogP) is 4.17. The number of ether oxygens (including phenoxy) is 3. The van der Waals surface area contributed by atoms with E-state index in [9.17, 15) is 4.79 Å². The molecular formula is C23H24N2O4. The number of hydrazone groups is 1. The lowest BCUT2D eigenvalue weighted by molar-refractivity contribution is -0.123. The maximum Gasteiger partial charge on any atom is 0.277 e. The van der Waals surface area contributed by atoms with Crippen LogP contribution in [0.3, 0.4) is 0 Å². The van der Waals surface area contributed by atoms with Gasteiger partial charge in [0.15, 0.2) is 6.61 Å². The number of hydrogen-bond acceptors (Lipinski definition) is 5. The van der Waals surface area contributed by atoms with Crippen LogP contribution in [-0.4, -0.2) is 31.9 Å². The Bertz CT molecular complexity index is 984. The number of carbonyl (C=O) groups is 1. The molecule has 29 heavy (non-hydrogen) atoms. The van der Waals surface area contributed by atoms with Crippen LogP contribution in [-0.2, 0) is 4.79 Å². The zero-order valence-electron chi connectivity index (χ0n) is 16.6.